The van der Waals surface area contributed by atoms with Crippen molar-refractivity contribution in [3.63, 3.8) is 0 Å². The van der Waals surface area contributed by atoms with E-state index in [1.165, 1.54) is 12.1 Å². The molecule has 0 bridgehead atoms. The van der Waals surface area contributed by atoms with Crippen molar-refractivity contribution in [2.75, 3.05) is 13.1 Å². The van der Waals surface area contributed by atoms with Crippen LogP contribution in [0.5, 0.6) is 0 Å². The molecule has 1 aromatic rings. The molecule has 1 heterocycles. The highest BCUT2D eigenvalue weighted by Gasteiger charge is 2.56. The van der Waals surface area contributed by atoms with Crippen LogP contribution in [0.4, 0.5) is 13.2 Å². The molecular weight excluding hydrogens is 393 g/mol. The lowest BCUT2D eigenvalue weighted by atomic mass is 9.82. The molecule has 160 valence electrons. The van der Waals surface area contributed by atoms with E-state index in [0.717, 1.165) is 29.7 Å². The van der Waals surface area contributed by atoms with Crippen LogP contribution in [0.15, 0.2) is 47.6 Å². The van der Waals surface area contributed by atoms with Gasteiger partial charge in [-0.1, -0.05) is 18.2 Å². The summed E-state index contributed by atoms with van der Waals surface area (Å²) in [6, 6.07) is 5.15. The molecule has 3 aliphatic rings. The molecule has 1 saturated carbocycles. The third-order valence-electron chi connectivity index (χ3n) is 6.45. The van der Waals surface area contributed by atoms with Gasteiger partial charge in [-0.2, -0.15) is 13.2 Å². The lowest BCUT2D eigenvalue weighted by Gasteiger charge is -2.50. The van der Waals surface area contributed by atoms with Crippen LogP contribution in [0.25, 0.3) is 0 Å². The number of carbonyl (C=O) groups is 2. The number of amides is 1. The Morgan fingerprint density at radius 2 is 1.80 bits per heavy atom. The van der Waals surface area contributed by atoms with E-state index >= 15 is 0 Å². The minimum Gasteiger partial charge on any atom is -0.337 e. The van der Waals surface area contributed by atoms with Crippen molar-refractivity contribution < 1.29 is 22.8 Å². The van der Waals surface area contributed by atoms with Crippen LogP contribution >= 0.6 is 0 Å². The number of alkyl halides is 3. The van der Waals surface area contributed by atoms with Gasteiger partial charge in [0.25, 0.3) is 0 Å². The summed E-state index contributed by atoms with van der Waals surface area (Å²) in [5, 5.41) is 0. The van der Waals surface area contributed by atoms with Crippen LogP contribution in [0.1, 0.15) is 44.2 Å². The van der Waals surface area contributed by atoms with Crippen LogP contribution in [0, 0.1) is 0 Å². The van der Waals surface area contributed by atoms with Crippen molar-refractivity contribution >= 4 is 11.7 Å². The number of rotatable bonds is 3. The summed E-state index contributed by atoms with van der Waals surface area (Å²) >= 11 is 0. The highest BCUT2D eigenvalue weighted by molar-refractivity contribution is 6.00. The zero-order chi connectivity index (χ0) is 21.7. The molecule has 1 amide bonds. The number of allylic oxidation sites excluding steroid dienone is 2. The van der Waals surface area contributed by atoms with Gasteiger partial charge in [-0.15, -0.1) is 0 Å². The molecule has 1 unspecified atom stereocenters. The van der Waals surface area contributed by atoms with Gasteiger partial charge in [0.2, 0.25) is 5.91 Å². The van der Waals surface area contributed by atoms with E-state index in [4.69, 9.17) is 0 Å². The van der Waals surface area contributed by atoms with Gasteiger partial charge in [0.15, 0.2) is 5.78 Å². The van der Waals surface area contributed by atoms with Crippen molar-refractivity contribution in [1.29, 1.82) is 0 Å². The first kappa shape index (κ1) is 20.8. The zero-order valence-electron chi connectivity index (χ0n) is 17.1. The summed E-state index contributed by atoms with van der Waals surface area (Å²) in [5.41, 5.74) is 0.932. The summed E-state index contributed by atoms with van der Waals surface area (Å²) in [6.45, 7) is 5.46. The Bertz CT molecular complexity index is 931. The molecular formula is C23H25F3N2O2. The Hall–Kier alpha value is -2.41. The summed E-state index contributed by atoms with van der Waals surface area (Å²) in [6.07, 6.45) is 0.821. The quantitative estimate of drug-likeness (QED) is 0.742. The largest absolute Gasteiger partial charge is 0.416 e. The first-order valence-corrected chi connectivity index (χ1v) is 10.3. The summed E-state index contributed by atoms with van der Waals surface area (Å²) < 4.78 is 38.7. The molecule has 1 aliphatic heterocycles. The maximum Gasteiger partial charge on any atom is 0.416 e. The molecule has 1 atom stereocenters. The van der Waals surface area contributed by atoms with E-state index in [-0.39, 0.29) is 17.7 Å². The number of fused-ring (bicyclic) bond motifs is 2. The van der Waals surface area contributed by atoms with Crippen molar-refractivity contribution in [3.05, 3.63) is 58.7 Å². The molecule has 4 rings (SSSR count). The van der Waals surface area contributed by atoms with E-state index in [1.54, 1.807) is 6.08 Å². The average Bonchev–Trinajstić information content (AvgIpc) is 3.05. The van der Waals surface area contributed by atoms with E-state index in [2.05, 4.69) is 4.90 Å². The van der Waals surface area contributed by atoms with Gasteiger partial charge in [-0.05, 0) is 61.6 Å². The highest BCUT2D eigenvalue weighted by atomic mass is 19.4. The fourth-order valence-electron chi connectivity index (χ4n) is 4.89. The maximum absolute atomic E-state index is 13.7. The number of carbonyl (C=O) groups excluding carboxylic acids is 2. The van der Waals surface area contributed by atoms with E-state index < -0.39 is 17.3 Å². The first-order valence-electron chi connectivity index (χ1n) is 10.3. The van der Waals surface area contributed by atoms with Gasteiger partial charge < -0.3 is 4.90 Å². The predicted octanol–water partition coefficient (Wildman–Crippen LogP) is 4.12. The minimum atomic E-state index is -4.38. The number of hydrogen-bond donors (Lipinski definition) is 0. The fourth-order valence-corrected chi connectivity index (χ4v) is 4.89. The minimum absolute atomic E-state index is 0.0139. The van der Waals surface area contributed by atoms with E-state index in [9.17, 15) is 22.8 Å². The van der Waals surface area contributed by atoms with Crippen molar-refractivity contribution in [2.45, 2.75) is 57.4 Å². The molecule has 0 N–H and O–H groups in total. The second-order valence-corrected chi connectivity index (χ2v) is 8.53. The van der Waals surface area contributed by atoms with E-state index in [1.807, 2.05) is 24.8 Å². The summed E-state index contributed by atoms with van der Waals surface area (Å²) in [7, 11) is 0. The average molecular weight is 418 g/mol. The van der Waals surface area contributed by atoms with Crippen molar-refractivity contribution in [2.24, 2.45) is 0 Å². The number of nitrogens with zero attached hydrogens (tertiary/aromatic N) is 2. The second-order valence-electron chi connectivity index (χ2n) is 8.53. The predicted molar refractivity (Wildman–Crippen MR) is 106 cm³/mol. The van der Waals surface area contributed by atoms with Crippen molar-refractivity contribution in [1.82, 2.24) is 9.80 Å². The number of ketones is 1. The Labute approximate surface area is 174 Å². The van der Waals surface area contributed by atoms with Gasteiger partial charge in [0.1, 0.15) is 5.54 Å². The molecule has 1 spiro atoms. The third-order valence-corrected chi connectivity index (χ3v) is 6.45. The normalized spacial score (nSPS) is 25.1. The molecule has 0 aromatic heterocycles. The lowest BCUT2D eigenvalue weighted by Crippen LogP contribution is -2.66. The number of hydrogen-bond acceptors (Lipinski definition) is 3. The smallest absolute Gasteiger partial charge is 0.337 e. The van der Waals surface area contributed by atoms with Crippen LogP contribution in [0.3, 0.4) is 0 Å². The Kier molecular flexibility index (Phi) is 5.12. The van der Waals surface area contributed by atoms with Gasteiger partial charge in [0.05, 0.1) is 5.56 Å². The Morgan fingerprint density at radius 3 is 2.43 bits per heavy atom. The Balaban J connectivity index is 1.71. The molecule has 0 radical (unpaired) electrons. The Morgan fingerprint density at radius 1 is 1.10 bits per heavy atom. The molecule has 2 aliphatic carbocycles. The first-order chi connectivity index (χ1) is 14.1. The second kappa shape index (κ2) is 7.38. The van der Waals surface area contributed by atoms with Crippen LogP contribution in [-0.2, 0) is 22.3 Å². The topological polar surface area (TPSA) is 40.6 Å². The van der Waals surface area contributed by atoms with Crippen molar-refractivity contribution in [3.8, 4) is 0 Å². The number of benzene rings is 1. The summed E-state index contributed by atoms with van der Waals surface area (Å²) in [5.74, 6) is -0.0287. The maximum atomic E-state index is 13.7. The van der Waals surface area contributed by atoms with Crippen LogP contribution in [-0.4, -0.2) is 46.2 Å². The van der Waals surface area contributed by atoms with Gasteiger partial charge >= 0.3 is 6.18 Å². The number of halogens is 3. The molecule has 1 saturated heterocycles. The molecule has 4 nitrogen and oxygen atoms in total. The fraction of sp³-hybridized carbons (Fsp3) is 0.478. The molecule has 2 fully saturated rings. The molecule has 1 aromatic carbocycles. The standard InChI is InChI=1S/C23H25F3N2O2/c1-15(2)28-12-11-27(14-16-3-6-18(7-4-16)23(24,25)26)22(21(28)30)10-9-17-5-8-19(29)13-20(17)22/h3-7,13,15H,8-12,14H2,1-2H3. The van der Waals surface area contributed by atoms with Gasteiger partial charge in [0, 0.05) is 32.1 Å². The van der Waals surface area contributed by atoms with Gasteiger partial charge in [-0.25, -0.2) is 0 Å². The number of piperazine rings is 1. The monoisotopic (exact) mass is 418 g/mol. The zero-order valence-corrected chi connectivity index (χ0v) is 17.1. The van der Waals surface area contributed by atoms with Crippen LogP contribution < -0.4 is 0 Å². The summed E-state index contributed by atoms with van der Waals surface area (Å²) in [4.78, 5) is 29.8. The SMILES string of the molecule is CC(C)N1CCN(Cc2ccc(C(F)(F)F)cc2)C2(CCC3=CCC(=O)C=C32)C1=O. The highest BCUT2D eigenvalue weighted by Crippen LogP contribution is 2.48. The van der Waals surface area contributed by atoms with E-state index in [0.29, 0.717) is 38.0 Å². The molecule has 30 heavy (non-hydrogen) atoms. The van der Waals surface area contributed by atoms with Gasteiger partial charge in [-0.3, -0.25) is 14.5 Å². The molecule has 7 heteroatoms. The van der Waals surface area contributed by atoms with Crippen LogP contribution in [0.2, 0.25) is 0 Å². The third kappa shape index (κ3) is 3.39. The lowest BCUT2D eigenvalue weighted by molar-refractivity contribution is -0.150.